The van der Waals surface area contributed by atoms with Gasteiger partial charge in [0.1, 0.15) is 6.61 Å². The first kappa shape index (κ1) is 29.0. The van der Waals surface area contributed by atoms with E-state index in [0.717, 1.165) is 23.1 Å². The summed E-state index contributed by atoms with van der Waals surface area (Å²) in [6.07, 6.45) is 3.50. The Labute approximate surface area is 240 Å². The lowest BCUT2D eigenvalue weighted by Gasteiger charge is -2.40. The second kappa shape index (κ2) is 13.9. The van der Waals surface area contributed by atoms with Crippen molar-refractivity contribution >= 4 is 35.0 Å². The maximum absolute atomic E-state index is 12.8. The van der Waals surface area contributed by atoms with Crippen molar-refractivity contribution < 1.29 is 19.1 Å². The Morgan fingerprint density at radius 3 is 2.38 bits per heavy atom. The molecule has 1 heterocycles. The number of halogens is 2. The summed E-state index contributed by atoms with van der Waals surface area (Å²) in [6.45, 7) is 0.217. The molecule has 1 aliphatic rings. The van der Waals surface area contributed by atoms with E-state index in [-0.39, 0.29) is 30.9 Å². The van der Waals surface area contributed by atoms with Crippen LogP contribution in [0.15, 0.2) is 90.5 Å². The number of carbonyl (C=O) groups excluding carboxylic acids is 2. The predicted octanol–water partition coefficient (Wildman–Crippen LogP) is 7.05. The molecule has 5 nitrogen and oxygen atoms in total. The van der Waals surface area contributed by atoms with Gasteiger partial charge < -0.3 is 9.47 Å². The van der Waals surface area contributed by atoms with E-state index in [4.69, 9.17) is 32.7 Å². The van der Waals surface area contributed by atoms with Crippen LogP contribution in [-0.4, -0.2) is 44.0 Å². The monoisotopic (exact) mass is 565 g/mol. The molecule has 0 amide bonds. The lowest BCUT2D eigenvalue weighted by molar-refractivity contribution is -0.147. The SMILES string of the molecule is COC(=O)[C@@H](CC(=O)COCC1=CCC(c2ccc(Cl)cc2)N(C)[C@H]1c1cccc(Cl)c1)Cc1ccccc1. The van der Waals surface area contributed by atoms with Crippen molar-refractivity contribution in [3.05, 3.63) is 117 Å². The second-order valence-electron chi connectivity index (χ2n) is 9.85. The van der Waals surface area contributed by atoms with Crippen molar-refractivity contribution in [1.29, 1.82) is 0 Å². The summed E-state index contributed by atoms with van der Waals surface area (Å²) in [7, 11) is 3.44. The molecule has 204 valence electrons. The number of likely N-dealkylation sites (N-methyl/N-ethyl adjacent to an activating group) is 1. The Bertz CT molecular complexity index is 1290. The van der Waals surface area contributed by atoms with E-state index in [2.05, 4.69) is 36.2 Å². The number of rotatable bonds is 11. The Kier molecular flexibility index (Phi) is 10.4. The van der Waals surface area contributed by atoms with E-state index in [9.17, 15) is 9.59 Å². The maximum atomic E-state index is 12.8. The van der Waals surface area contributed by atoms with E-state index in [1.165, 1.54) is 12.7 Å². The number of benzene rings is 3. The van der Waals surface area contributed by atoms with Gasteiger partial charge in [-0.15, -0.1) is 0 Å². The number of nitrogens with zero attached hydrogens (tertiary/aromatic N) is 1. The molecule has 0 bridgehead atoms. The Morgan fingerprint density at radius 1 is 0.949 bits per heavy atom. The molecule has 1 unspecified atom stereocenters. The zero-order valence-corrected chi connectivity index (χ0v) is 23.7. The van der Waals surface area contributed by atoms with Gasteiger partial charge in [-0.2, -0.15) is 0 Å². The molecular formula is C32H33Cl2NO4. The number of Topliss-reactive ketones (excluding diaryl/α,β-unsaturated/α-hetero) is 1. The van der Waals surface area contributed by atoms with Crippen molar-refractivity contribution in [2.45, 2.75) is 31.3 Å². The predicted molar refractivity (Wildman–Crippen MR) is 155 cm³/mol. The highest BCUT2D eigenvalue weighted by Crippen LogP contribution is 2.41. The van der Waals surface area contributed by atoms with E-state index >= 15 is 0 Å². The second-order valence-corrected chi connectivity index (χ2v) is 10.7. The molecule has 3 atom stereocenters. The van der Waals surface area contributed by atoms with Gasteiger partial charge in [-0.3, -0.25) is 14.5 Å². The van der Waals surface area contributed by atoms with Gasteiger partial charge in [0.2, 0.25) is 0 Å². The van der Waals surface area contributed by atoms with Gasteiger partial charge in [-0.25, -0.2) is 0 Å². The largest absolute Gasteiger partial charge is 0.469 e. The Morgan fingerprint density at radius 2 is 1.69 bits per heavy atom. The van der Waals surface area contributed by atoms with Crippen LogP contribution in [0, 0.1) is 5.92 Å². The molecule has 39 heavy (non-hydrogen) atoms. The first-order chi connectivity index (χ1) is 18.9. The summed E-state index contributed by atoms with van der Waals surface area (Å²) >= 11 is 12.5. The number of ketones is 1. The molecular weight excluding hydrogens is 533 g/mol. The van der Waals surface area contributed by atoms with E-state index in [0.29, 0.717) is 23.1 Å². The number of hydrogen-bond donors (Lipinski definition) is 0. The Balaban J connectivity index is 1.44. The normalized spacial score (nSPS) is 18.3. The van der Waals surface area contributed by atoms with Crippen molar-refractivity contribution in [3.8, 4) is 0 Å². The molecule has 0 fully saturated rings. The van der Waals surface area contributed by atoms with Crippen molar-refractivity contribution in [1.82, 2.24) is 4.90 Å². The topological polar surface area (TPSA) is 55.8 Å². The summed E-state index contributed by atoms with van der Waals surface area (Å²) in [5.74, 6) is -1.07. The summed E-state index contributed by atoms with van der Waals surface area (Å²) < 4.78 is 10.9. The number of methoxy groups -OCH3 is 1. The third kappa shape index (κ3) is 7.80. The van der Waals surface area contributed by atoms with Crippen LogP contribution < -0.4 is 0 Å². The van der Waals surface area contributed by atoms with Crippen LogP contribution >= 0.6 is 23.2 Å². The molecule has 0 spiro atoms. The van der Waals surface area contributed by atoms with Crippen molar-refractivity contribution in [2.24, 2.45) is 5.92 Å². The molecule has 0 saturated carbocycles. The average Bonchev–Trinajstić information content (AvgIpc) is 2.93. The summed E-state index contributed by atoms with van der Waals surface area (Å²) in [5, 5.41) is 1.37. The van der Waals surface area contributed by atoms with Gasteiger partial charge >= 0.3 is 5.97 Å². The first-order valence-electron chi connectivity index (χ1n) is 13.0. The van der Waals surface area contributed by atoms with Gasteiger partial charge in [0, 0.05) is 22.5 Å². The fourth-order valence-electron chi connectivity index (χ4n) is 5.22. The van der Waals surface area contributed by atoms with Crippen LogP contribution in [0.2, 0.25) is 10.0 Å². The van der Waals surface area contributed by atoms with Crippen molar-refractivity contribution in [2.75, 3.05) is 27.4 Å². The van der Waals surface area contributed by atoms with Gasteiger partial charge in [-0.1, -0.05) is 83.9 Å². The third-order valence-electron chi connectivity index (χ3n) is 7.14. The summed E-state index contributed by atoms with van der Waals surface area (Å²) in [4.78, 5) is 27.5. The zero-order chi connectivity index (χ0) is 27.8. The van der Waals surface area contributed by atoms with E-state index in [1.807, 2.05) is 60.7 Å². The third-order valence-corrected chi connectivity index (χ3v) is 7.62. The molecule has 4 rings (SSSR count). The maximum Gasteiger partial charge on any atom is 0.309 e. The van der Waals surface area contributed by atoms with Crippen LogP contribution in [0.3, 0.4) is 0 Å². The minimum Gasteiger partial charge on any atom is -0.469 e. The number of esters is 1. The van der Waals surface area contributed by atoms with Gasteiger partial charge in [0.05, 0.1) is 25.7 Å². The van der Waals surface area contributed by atoms with Gasteiger partial charge in [0.15, 0.2) is 5.78 Å². The summed E-state index contributed by atoms with van der Waals surface area (Å²) in [5.41, 5.74) is 4.27. The number of carbonyl (C=O) groups is 2. The molecule has 0 saturated heterocycles. The summed E-state index contributed by atoms with van der Waals surface area (Å²) in [6, 6.07) is 25.5. The van der Waals surface area contributed by atoms with Gasteiger partial charge in [0.25, 0.3) is 0 Å². The number of ether oxygens (including phenoxy) is 2. The zero-order valence-electron chi connectivity index (χ0n) is 22.2. The lowest BCUT2D eigenvalue weighted by Crippen LogP contribution is -2.35. The molecule has 1 aliphatic heterocycles. The average molecular weight is 567 g/mol. The highest BCUT2D eigenvalue weighted by Gasteiger charge is 2.32. The number of hydrogen-bond acceptors (Lipinski definition) is 5. The minimum atomic E-state index is -0.548. The molecule has 0 aliphatic carbocycles. The quantitative estimate of drug-likeness (QED) is 0.184. The molecule has 0 N–H and O–H groups in total. The van der Waals surface area contributed by atoms with Crippen LogP contribution in [0.5, 0.6) is 0 Å². The van der Waals surface area contributed by atoms with Crippen LogP contribution in [0.1, 0.15) is 41.6 Å². The van der Waals surface area contributed by atoms with E-state index in [1.54, 1.807) is 0 Å². The molecule has 3 aromatic rings. The smallest absolute Gasteiger partial charge is 0.309 e. The van der Waals surface area contributed by atoms with Crippen LogP contribution in [-0.2, 0) is 25.5 Å². The highest BCUT2D eigenvalue weighted by atomic mass is 35.5. The Hall–Kier alpha value is -2.96. The van der Waals surface area contributed by atoms with Crippen molar-refractivity contribution in [3.63, 3.8) is 0 Å². The molecule has 7 heteroatoms. The first-order valence-corrected chi connectivity index (χ1v) is 13.7. The molecule has 3 aromatic carbocycles. The standard InChI is InChI=1S/C32H33Cl2NO4/c1-35-30(23-11-14-27(33)15-12-23)16-13-25(31(35)24-9-6-10-28(34)18-24)20-39-21-29(36)19-26(32(37)38-2)17-22-7-4-3-5-8-22/h3-15,18,26,30-31H,16-17,19-21H2,1-2H3/t26-,30?,31+/m1/s1. The molecule has 0 radical (unpaired) electrons. The van der Waals surface area contributed by atoms with Crippen LogP contribution in [0.25, 0.3) is 0 Å². The van der Waals surface area contributed by atoms with E-state index < -0.39 is 11.9 Å². The fourth-order valence-corrected chi connectivity index (χ4v) is 5.55. The lowest BCUT2D eigenvalue weighted by atomic mass is 9.88. The fraction of sp³-hybridized carbons (Fsp3) is 0.312. The highest BCUT2D eigenvalue weighted by molar-refractivity contribution is 6.30. The molecule has 0 aromatic heterocycles. The van der Waals surface area contributed by atoms with Gasteiger partial charge in [-0.05, 0) is 66.4 Å². The van der Waals surface area contributed by atoms with Crippen LogP contribution in [0.4, 0.5) is 0 Å². The minimum absolute atomic E-state index is 0.0663.